The Labute approximate surface area is 162 Å². The van der Waals surface area contributed by atoms with Gasteiger partial charge in [-0.15, -0.1) is 0 Å². The van der Waals surface area contributed by atoms with Crippen molar-refractivity contribution in [3.63, 3.8) is 0 Å². The molecule has 0 bridgehead atoms. The summed E-state index contributed by atoms with van der Waals surface area (Å²) >= 11 is 0. The molecule has 2 N–H and O–H groups in total. The Morgan fingerprint density at radius 1 is 1.21 bits per heavy atom. The number of benzene rings is 1. The van der Waals surface area contributed by atoms with Gasteiger partial charge in [0.2, 0.25) is 5.91 Å². The molecule has 146 valence electrons. The molecule has 2 amide bonds. The number of rotatable bonds is 6. The summed E-state index contributed by atoms with van der Waals surface area (Å²) in [6.45, 7) is 5.07. The third kappa shape index (κ3) is 4.94. The van der Waals surface area contributed by atoms with Crippen molar-refractivity contribution in [3.8, 4) is 6.07 Å². The summed E-state index contributed by atoms with van der Waals surface area (Å²) in [6, 6.07) is 7.70. The fourth-order valence-electron chi connectivity index (χ4n) is 2.43. The average molecular weight is 383 g/mol. The van der Waals surface area contributed by atoms with Crippen LogP contribution >= 0.6 is 0 Å². The summed E-state index contributed by atoms with van der Waals surface area (Å²) in [5.74, 6) is -1.57. The first-order valence-electron chi connectivity index (χ1n) is 8.51. The number of carbonyl (C=O) groups excluding carboxylic acids is 3. The second-order valence-corrected chi connectivity index (χ2v) is 6.17. The Kier molecular flexibility index (Phi) is 6.50. The summed E-state index contributed by atoms with van der Waals surface area (Å²) in [7, 11) is 1.77. The smallest absolute Gasteiger partial charge is 0.338 e. The van der Waals surface area contributed by atoms with Crippen LogP contribution in [0.3, 0.4) is 0 Å². The largest absolute Gasteiger partial charge is 0.449 e. The van der Waals surface area contributed by atoms with Gasteiger partial charge >= 0.3 is 5.97 Å². The van der Waals surface area contributed by atoms with Crippen molar-refractivity contribution in [3.05, 3.63) is 41.2 Å². The minimum atomic E-state index is -1.01. The number of anilines is 2. The highest BCUT2D eigenvalue weighted by atomic mass is 16.5. The van der Waals surface area contributed by atoms with E-state index >= 15 is 0 Å². The Hall–Kier alpha value is -3.67. The molecule has 0 saturated heterocycles. The van der Waals surface area contributed by atoms with Gasteiger partial charge in [-0.2, -0.15) is 10.4 Å². The molecule has 2 aromatic rings. The monoisotopic (exact) mass is 383 g/mol. The SMILES string of the molecule is Cc1nn(C)c(C)c1NC(=O)[C@H](C)OC(=O)c1ccc(NC(=O)CC#N)cc1. The fourth-order valence-corrected chi connectivity index (χ4v) is 2.43. The van der Waals surface area contributed by atoms with Crippen molar-refractivity contribution in [2.45, 2.75) is 33.3 Å². The maximum Gasteiger partial charge on any atom is 0.338 e. The third-order valence-corrected chi connectivity index (χ3v) is 4.05. The van der Waals surface area contributed by atoms with Crippen LogP contribution in [0.4, 0.5) is 11.4 Å². The normalized spacial score (nSPS) is 11.2. The van der Waals surface area contributed by atoms with Crippen LogP contribution in [0.25, 0.3) is 0 Å². The van der Waals surface area contributed by atoms with Gasteiger partial charge in [-0.05, 0) is 45.0 Å². The summed E-state index contributed by atoms with van der Waals surface area (Å²) < 4.78 is 6.86. The average Bonchev–Trinajstić information content (AvgIpc) is 2.88. The predicted octanol–water partition coefficient (Wildman–Crippen LogP) is 2.07. The van der Waals surface area contributed by atoms with Gasteiger partial charge in [0.1, 0.15) is 6.42 Å². The number of esters is 1. The molecule has 1 atom stereocenters. The van der Waals surface area contributed by atoms with Gasteiger partial charge in [-0.3, -0.25) is 14.3 Å². The van der Waals surface area contributed by atoms with Crippen LogP contribution in [0.15, 0.2) is 24.3 Å². The van der Waals surface area contributed by atoms with Crippen molar-refractivity contribution >= 4 is 29.2 Å². The first-order chi connectivity index (χ1) is 13.2. The lowest BCUT2D eigenvalue weighted by molar-refractivity contribution is -0.123. The van der Waals surface area contributed by atoms with E-state index in [0.717, 1.165) is 5.69 Å². The van der Waals surface area contributed by atoms with E-state index in [-0.39, 0.29) is 12.0 Å². The molecule has 0 unspecified atom stereocenters. The minimum absolute atomic E-state index is 0.228. The molecule has 0 spiro atoms. The molecule has 1 aromatic carbocycles. The highest BCUT2D eigenvalue weighted by Crippen LogP contribution is 2.19. The molecule has 1 aromatic heterocycles. The number of carbonyl (C=O) groups is 3. The zero-order valence-corrected chi connectivity index (χ0v) is 16.1. The first kappa shape index (κ1) is 20.6. The van der Waals surface area contributed by atoms with Gasteiger partial charge in [0, 0.05) is 12.7 Å². The predicted molar refractivity (Wildman–Crippen MR) is 101 cm³/mol. The third-order valence-electron chi connectivity index (χ3n) is 4.05. The quantitative estimate of drug-likeness (QED) is 0.736. The molecule has 0 radical (unpaired) electrons. The highest BCUT2D eigenvalue weighted by molar-refractivity contribution is 5.98. The second-order valence-electron chi connectivity index (χ2n) is 6.17. The van der Waals surface area contributed by atoms with Gasteiger partial charge in [0.05, 0.1) is 28.7 Å². The summed E-state index contributed by atoms with van der Waals surface area (Å²) in [4.78, 5) is 35.9. The molecule has 9 heteroatoms. The van der Waals surface area contributed by atoms with E-state index < -0.39 is 23.9 Å². The lowest BCUT2D eigenvalue weighted by Gasteiger charge is -2.14. The Morgan fingerprint density at radius 2 is 1.86 bits per heavy atom. The molecular formula is C19H21N5O4. The van der Waals surface area contributed by atoms with Gasteiger partial charge in [0.15, 0.2) is 6.10 Å². The van der Waals surface area contributed by atoms with Crippen LogP contribution < -0.4 is 10.6 Å². The van der Waals surface area contributed by atoms with Gasteiger partial charge in [-0.25, -0.2) is 4.79 Å². The summed E-state index contributed by atoms with van der Waals surface area (Å²) in [6.07, 6.45) is -1.27. The van der Waals surface area contributed by atoms with E-state index in [4.69, 9.17) is 10.00 Å². The van der Waals surface area contributed by atoms with Crippen molar-refractivity contribution in [1.82, 2.24) is 9.78 Å². The summed E-state index contributed by atoms with van der Waals surface area (Å²) in [5.41, 5.74) is 2.73. The van der Waals surface area contributed by atoms with Crippen molar-refractivity contribution in [2.75, 3.05) is 10.6 Å². The fraction of sp³-hybridized carbons (Fsp3) is 0.316. The van der Waals surface area contributed by atoms with Crippen LogP contribution in [-0.2, 0) is 21.4 Å². The standard InChI is InChI=1S/C19H21N5O4/c1-11-17(12(2)24(4)23-11)22-18(26)13(3)28-19(27)14-5-7-15(8-6-14)21-16(25)9-10-20/h5-8,13H,9H2,1-4H3,(H,21,25)(H,22,26)/t13-/m0/s1. The molecule has 0 fully saturated rings. The minimum Gasteiger partial charge on any atom is -0.449 e. The highest BCUT2D eigenvalue weighted by Gasteiger charge is 2.21. The molecule has 2 rings (SSSR count). The van der Waals surface area contributed by atoms with Gasteiger partial charge < -0.3 is 15.4 Å². The number of hydrogen-bond donors (Lipinski definition) is 2. The van der Waals surface area contributed by atoms with E-state index in [1.165, 1.54) is 31.2 Å². The number of amides is 2. The first-order valence-corrected chi connectivity index (χ1v) is 8.51. The maximum atomic E-state index is 12.3. The number of ether oxygens (including phenoxy) is 1. The van der Waals surface area contributed by atoms with Crippen LogP contribution in [0, 0.1) is 25.2 Å². The van der Waals surface area contributed by atoms with E-state index in [1.807, 2.05) is 6.92 Å². The zero-order chi connectivity index (χ0) is 20.8. The van der Waals surface area contributed by atoms with E-state index in [1.54, 1.807) is 24.7 Å². The molecule has 1 heterocycles. The van der Waals surface area contributed by atoms with Gasteiger partial charge in [-0.1, -0.05) is 0 Å². The van der Waals surface area contributed by atoms with E-state index in [9.17, 15) is 14.4 Å². The molecule has 28 heavy (non-hydrogen) atoms. The zero-order valence-electron chi connectivity index (χ0n) is 16.1. The lowest BCUT2D eigenvalue weighted by atomic mass is 10.2. The van der Waals surface area contributed by atoms with Crippen molar-refractivity contribution in [1.29, 1.82) is 5.26 Å². The molecule has 0 aliphatic heterocycles. The molecule has 0 saturated carbocycles. The second kappa shape index (κ2) is 8.81. The molecule has 0 aliphatic rings. The van der Waals surface area contributed by atoms with Crippen molar-refractivity contribution in [2.24, 2.45) is 7.05 Å². The van der Waals surface area contributed by atoms with Gasteiger partial charge in [0.25, 0.3) is 5.91 Å². The van der Waals surface area contributed by atoms with Crippen LogP contribution in [-0.4, -0.2) is 33.7 Å². The Morgan fingerprint density at radius 3 is 2.39 bits per heavy atom. The lowest BCUT2D eigenvalue weighted by Crippen LogP contribution is -2.30. The van der Waals surface area contributed by atoms with E-state index in [2.05, 4.69) is 15.7 Å². The molecule has 9 nitrogen and oxygen atoms in total. The number of nitriles is 1. The van der Waals surface area contributed by atoms with Crippen LogP contribution in [0.2, 0.25) is 0 Å². The Bertz CT molecular complexity index is 940. The number of aryl methyl sites for hydroxylation is 2. The number of nitrogens with zero attached hydrogens (tertiary/aromatic N) is 3. The maximum absolute atomic E-state index is 12.3. The van der Waals surface area contributed by atoms with Crippen LogP contribution in [0.5, 0.6) is 0 Å². The summed E-state index contributed by atoms with van der Waals surface area (Å²) in [5, 5.41) is 17.9. The van der Waals surface area contributed by atoms with E-state index in [0.29, 0.717) is 17.1 Å². The molecule has 0 aliphatic carbocycles. The number of hydrogen-bond acceptors (Lipinski definition) is 6. The number of aromatic nitrogens is 2. The topological polar surface area (TPSA) is 126 Å². The Balaban J connectivity index is 1.97. The molecular weight excluding hydrogens is 362 g/mol. The van der Waals surface area contributed by atoms with Crippen molar-refractivity contribution < 1.29 is 19.1 Å². The number of nitrogens with one attached hydrogen (secondary N) is 2. The van der Waals surface area contributed by atoms with Crippen LogP contribution in [0.1, 0.15) is 35.1 Å².